The number of nitrogen functional groups attached to an aromatic ring is 1. The smallest absolute Gasteiger partial charge is 0.251 e. The fraction of sp³-hybridized carbons (Fsp3) is 0.312. The van der Waals surface area contributed by atoms with E-state index < -0.39 is 0 Å². The Hall–Kier alpha value is -2.01. The molecule has 5 heteroatoms. The van der Waals surface area contributed by atoms with Gasteiger partial charge >= 0.3 is 0 Å². The number of benzene rings is 1. The summed E-state index contributed by atoms with van der Waals surface area (Å²) in [5.74, 6) is -0.0861. The molecule has 1 heterocycles. The van der Waals surface area contributed by atoms with Crippen LogP contribution in [0.15, 0.2) is 35.7 Å². The fourth-order valence-corrected chi connectivity index (χ4v) is 2.92. The Bertz CT molecular complexity index is 596. The van der Waals surface area contributed by atoms with Crippen LogP contribution in [0.4, 0.5) is 11.4 Å². The lowest BCUT2D eigenvalue weighted by Crippen LogP contribution is -2.24. The first-order valence-electron chi connectivity index (χ1n) is 7.10. The monoisotopic (exact) mass is 303 g/mol. The molecule has 0 aliphatic heterocycles. The summed E-state index contributed by atoms with van der Waals surface area (Å²) in [7, 11) is 0. The molecule has 3 N–H and O–H groups in total. The summed E-state index contributed by atoms with van der Waals surface area (Å²) in [6.07, 6.45) is 0. The molecule has 2 aromatic rings. The predicted molar refractivity (Wildman–Crippen MR) is 89.9 cm³/mol. The van der Waals surface area contributed by atoms with Gasteiger partial charge in [0.05, 0.1) is 17.9 Å². The van der Waals surface area contributed by atoms with Gasteiger partial charge in [0.1, 0.15) is 0 Å². The largest absolute Gasteiger partial charge is 0.397 e. The van der Waals surface area contributed by atoms with Gasteiger partial charge in [-0.2, -0.15) is 0 Å². The highest BCUT2D eigenvalue weighted by molar-refractivity contribution is 7.09. The van der Waals surface area contributed by atoms with Gasteiger partial charge in [-0.15, -0.1) is 11.3 Å². The highest BCUT2D eigenvalue weighted by atomic mass is 32.1. The molecule has 0 unspecified atom stereocenters. The lowest BCUT2D eigenvalue weighted by molar-refractivity contribution is 0.0956. The van der Waals surface area contributed by atoms with Crippen molar-refractivity contribution >= 4 is 28.6 Å². The van der Waals surface area contributed by atoms with Gasteiger partial charge in [-0.3, -0.25) is 4.79 Å². The molecule has 1 aromatic carbocycles. The highest BCUT2D eigenvalue weighted by Crippen LogP contribution is 2.26. The van der Waals surface area contributed by atoms with Crippen LogP contribution in [0.2, 0.25) is 0 Å². The molecule has 0 saturated carbocycles. The van der Waals surface area contributed by atoms with Crippen molar-refractivity contribution in [3.8, 4) is 0 Å². The van der Waals surface area contributed by atoms with E-state index in [1.54, 1.807) is 17.4 Å². The second-order valence-corrected chi connectivity index (χ2v) is 5.76. The molecule has 1 amide bonds. The number of nitrogens with one attached hydrogen (secondary N) is 1. The van der Waals surface area contributed by atoms with Gasteiger partial charge in [0, 0.05) is 23.5 Å². The van der Waals surface area contributed by atoms with E-state index in [0.717, 1.165) is 18.8 Å². The Morgan fingerprint density at radius 3 is 2.71 bits per heavy atom. The van der Waals surface area contributed by atoms with Crippen molar-refractivity contribution in [1.29, 1.82) is 0 Å². The maximum atomic E-state index is 11.8. The Kier molecular flexibility index (Phi) is 5.22. The highest BCUT2D eigenvalue weighted by Gasteiger charge is 2.12. The van der Waals surface area contributed by atoms with Crippen LogP contribution in [-0.4, -0.2) is 19.0 Å². The Labute approximate surface area is 129 Å². The third-order valence-corrected chi connectivity index (χ3v) is 4.14. The molecule has 2 rings (SSSR count). The summed E-state index contributed by atoms with van der Waals surface area (Å²) in [5, 5.41) is 4.86. The van der Waals surface area contributed by atoms with E-state index in [1.165, 1.54) is 4.88 Å². The van der Waals surface area contributed by atoms with Crippen LogP contribution in [0.25, 0.3) is 0 Å². The van der Waals surface area contributed by atoms with Gasteiger partial charge in [0.25, 0.3) is 5.91 Å². The number of anilines is 2. The molecule has 112 valence electrons. The van der Waals surface area contributed by atoms with Crippen LogP contribution in [0.3, 0.4) is 0 Å². The fourth-order valence-electron chi connectivity index (χ4n) is 2.20. The SMILES string of the molecule is CCNC(=O)c1ccc(N(CC)Cc2cccs2)c(N)c1. The maximum Gasteiger partial charge on any atom is 0.251 e. The standard InChI is InChI=1S/C16H21N3OS/c1-3-18-16(20)12-7-8-15(14(17)10-12)19(4-2)11-13-6-5-9-21-13/h5-10H,3-4,11,17H2,1-2H3,(H,18,20). The zero-order valence-corrected chi connectivity index (χ0v) is 13.2. The Morgan fingerprint density at radius 1 is 1.33 bits per heavy atom. The van der Waals surface area contributed by atoms with Crippen molar-refractivity contribution in [2.24, 2.45) is 0 Å². The van der Waals surface area contributed by atoms with Gasteiger partial charge in [0.15, 0.2) is 0 Å². The quantitative estimate of drug-likeness (QED) is 0.806. The molecule has 0 radical (unpaired) electrons. The van der Waals surface area contributed by atoms with Gasteiger partial charge in [-0.05, 0) is 43.5 Å². The summed E-state index contributed by atoms with van der Waals surface area (Å²) in [4.78, 5) is 15.3. The molecular weight excluding hydrogens is 282 g/mol. The van der Waals surface area contributed by atoms with Crippen molar-refractivity contribution < 1.29 is 4.79 Å². The number of nitrogens with two attached hydrogens (primary N) is 1. The third kappa shape index (κ3) is 3.76. The van der Waals surface area contributed by atoms with E-state index >= 15 is 0 Å². The third-order valence-electron chi connectivity index (χ3n) is 3.28. The molecule has 0 atom stereocenters. The molecule has 1 aromatic heterocycles. The first-order chi connectivity index (χ1) is 10.2. The zero-order chi connectivity index (χ0) is 15.2. The van der Waals surface area contributed by atoms with Crippen molar-refractivity contribution in [3.05, 3.63) is 46.2 Å². The van der Waals surface area contributed by atoms with Crippen molar-refractivity contribution in [3.63, 3.8) is 0 Å². The summed E-state index contributed by atoms with van der Waals surface area (Å²) in [6, 6.07) is 9.67. The van der Waals surface area contributed by atoms with E-state index in [9.17, 15) is 4.79 Å². The summed E-state index contributed by atoms with van der Waals surface area (Å²) < 4.78 is 0. The Morgan fingerprint density at radius 2 is 2.14 bits per heavy atom. The van der Waals surface area contributed by atoms with Gasteiger partial charge < -0.3 is 16.0 Å². The van der Waals surface area contributed by atoms with Crippen molar-refractivity contribution in [2.75, 3.05) is 23.7 Å². The predicted octanol–water partition coefficient (Wildman–Crippen LogP) is 3.11. The minimum atomic E-state index is -0.0861. The maximum absolute atomic E-state index is 11.8. The molecule has 0 saturated heterocycles. The average Bonchev–Trinajstić information content (AvgIpc) is 2.98. The number of hydrogen-bond donors (Lipinski definition) is 2. The Balaban J connectivity index is 2.20. The van der Waals surface area contributed by atoms with Crippen LogP contribution in [0, 0.1) is 0 Å². The van der Waals surface area contributed by atoms with Crippen LogP contribution in [-0.2, 0) is 6.54 Å². The van der Waals surface area contributed by atoms with E-state index in [-0.39, 0.29) is 5.91 Å². The van der Waals surface area contributed by atoms with Crippen LogP contribution in [0.5, 0.6) is 0 Å². The first-order valence-corrected chi connectivity index (χ1v) is 7.98. The van der Waals surface area contributed by atoms with Crippen LogP contribution < -0.4 is 16.0 Å². The molecule has 0 aliphatic rings. The van der Waals surface area contributed by atoms with Gasteiger partial charge in [-0.25, -0.2) is 0 Å². The second-order valence-electron chi connectivity index (χ2n) is 4.73. The minimum Gasteiger partial charge on any atom is -0.397 e. The lowest BCUT2D eigenvalue weighted by atomic mass is 10.1. The molecule has 0 bridgehead atoms. The normalized spacial score (nSPS) is 10.4. The second kappa shape index (κ2) is 7.13. The number of nitrogens with zero attached hydrogens (tertiary/aromatic N) is 1. The topological polar surface area (TPSA) is 58.4 Å². The van der Waals surface area contributed by atoms with Crippen molar-refractivity contribution in [1.82, 2.24) is 5.32 Å². The number of amides is 1. The summed E-state index contributed by atoms with van der Waals surface area (Å²) >= 11 is 1.74. The number of hydrogen-bond acceptors (Lipinski definition) is 4. The van der Waals surface area contributed by atoms with Crippen molar-refractivity contribution in [2.45, 2.75) is 20.4 Å². The molecule has 0 fully saturated rings. The molecule has 21 heavy (non-hydrogen) atoms. The molecule has 0 aliphatic carbocycles. The number of carbonyl (C=O) groups is 1. The van der Waals surface area contributed by atoms with E-state index in [1.807, 2.05) is 19.1 Å². The zero-order valence-electron chi connectivity index (χ0n) is 12.4. The summed E-state index contributed by atoms with van der Waals surface area (Å²) in [6.45, 7) is 6.31. The minimum absolute atomic E-state index is 0.0861. The average molecular weight is 303 g/mol. The molecule has 0 spiro atoms. The number of carbonyl (C=O) groups excluding carboxylic acids is 1. The molecular formula is C16H21N3OS. The number of thiophene rings is 1. The van der Waals surface area contributed by atoms with E-state index in [4.69, 9.17) is 5.73 Å². The number of rotatable bonds is 6. The van der Waals surface area contributed by atoms with Gasteiger partial charge in [-0.1, -0.05) is 6.07 Å². The first kappa shape index (κ1) is 15.4. The van der Waals surface area contributed by atoms with Crippen LogP contribution >= 0.6 is 11.3 Å². The van der Waals surface area contributed by atoms with Crippen LogP contribution in [0.1, 0.15) is 29.1 Å². The van der Waals surface area contributed by atoms with E-state index in [0.29, 0.717) is 17.8 Å². The lowest BCUT2D eigenvalue weighted by Gasteiger charge is -2.24. The van der Waals surface area contributed by atoms with E-state index in [2.05, 4.69) is 34.7 Å². The van der Waals surface area contributed by atoms with Gasteiger partial charge in [0.2, 0.25) is 0 Å². The molecule has 4 nitrogen and oxygen atoms in total. The summed E-state index contributed by atoms with van der Waals surface area (Å²) in [5.41, 5.74) is 8.35.